The Labute approximate surface area is 252 Å². The van der Waals surface area contributed by atoms with Crippen LogP contribution < -0.4 is 5.56 Å². The van der Waals surface area contributed by atoms with Gasteiger partial charge in [-0.2, -0.15) is 8.61 Å². The highest BCUT2D eigenvalue weighted by molar-refractivity contribution is 7.89. The fraction of sp³-hybridized carbons (Fsp3) is 0.385. The second-order valence-electron chi connectivity index (χ2n) is 10.4. The summed E-state index contributed by atoms with van der Waals surface area (Å²) in [6.45, 7) is 1.60. The van der Waals surface area contributed by atoms with Crippen LogP contribution >= 0.6 is 23.2 Å². The van der Waals surface area contributed by atoms with Crippen molar-refractivity contribution < 1.29 is 16.8 Å². The Bertz CT molecular complexity index is 1910. The summed E-state index contributed by atoms with van der Waals surface area (Å²) in [4.78, 5) is 20.4. The van der Waals surface area contributed by atoms with Crippen LogP contribution in [0.3, 0.4) is 0 Å². The molecule has 0 bridgehead atoms. The third-order valence-corrected chi connectivity index (χ3v) is 12.1. The van der Waals surface area contributed by atoms with Gasteiger partial charge in [0.2, 0.25) is 20.0 Å². The van der Waals surface area contributed by atoms with E-state index in [-0.39, 0.29) is 40.9 Å². The molecule has 6 rings (SSSR count). The third kappa shape index (κ3) is 5.47. The van der Waals surface area contributed by atoms with Crippen molar-refractivity contribution in [2.45, 2.75) is 47.9 Å². The second-order valence-corrected chi connectivity index (χ2v) is 15.1. The second kappa shape index (κ2) is 11.3. The molecule has 4 heterocycles. The monoisotopic (exact) mass is 651 g/mol. The van der Waals surface area contributed by atoms with Gasteiger partial charge in [-0.1, -0.05) is 34.5 Å². The molecule has 12 nitrogen and oxygen atoms in total. The van der Waals surface area contributed by atoms with Crippen LogP contribution in [0.25, 0.3) is 11.2 Å². The maximum atomic E-state index is 13.4. The summed E-state index contributed by atoms with van der Waals surface area (Å²) < 4.78 is 56.6. The number of nitrogens with zero attached hydrogens (tertiary/aromatic N) is 6. The van der Waals surface area contributed by atoms with Gasteiger partial charge in [-0.25, -0.2) is 26.5 Å². The molecule has 2 aliphatic heterocycles. The number of fused-ring (bicyclic) bond motifs is 1. The smallest absolute Gasteiger partial charge is 0.281 e. The number of aromatic amines is 1. The van der Waals surface area contributed by atoms with Gasteiger partial charge in [-0.05, 0) is 67.6 Å². The summed E-state index contributed by atoms with van der Waals surface area (Å²) in [7, 11) is -7.48. The van der Waals surface area contributed by atoms with Gasteiger partial charge in [0.1, 0.15) is 5.82 Å². The lowest BCUT2D eigenvalue weighted by Crippen LogP contribution is -2.38. The number of hydrogen-bond donors (Lipinski definition) is 1. The first-order valence-corrected chi connectivity index (χ1v) is 17.1. The lowest BCUT2D eigenvalue weighted by molar-refractivity contribution is 0.313. The number of halogens is 2. The lowest BCUT2D eigenvalue weighted by Gasteiger charge is -2.30. The maximum Gasteiger partial charge on any atom is 0.281 e. The van der Waals surface area contributed by atoms with Gasteiger partial charge >= 0.3 is 0 Å². The van der Waals surface area contributed by atoms with Crippen molar-refractivity contribution in [3.63, 3.8) is 0 Å². The summed E-state index contributed by atoms with van der Waals surface area (Å²) in [6, 6.07) is 10.5. The molecule has 0 aliphatic carbocycles. The fourth-order valence-electron chi connectivity index (χ4n) is 5.37. The Morgan fingerprint density at radius 1 is 0.857 bits per heavy atom. The Morgan fingerprint density at radius 3 is 2.05 bits per heavy atom. The van der Waals surface area contributed by atoms with Crippen LogP contribution in [0.2, 0.25) is 10.0 Å². The van der Waals surface area contributed by atoms with E-state index in [0.717, 1.165) is 18.4 Å². The minimum absolute atomic E-state index is 0.0325. The summed E-state index contributed by atoms with van der Waals surface area (Å²) in [5.74, 6) is 0.246. The highest BCUT2D eigenvalue weighted by atomic mass is 35.5. The topological polar surface area (TPSA) is 151 Å². The highest BCUT2D eigenvalue weighted by Crippen LogP contribution is 2.30. The number of benzene rings is 2. The zero-order valence-electron chi connectivity index (χ0n) is 22.3. The van der Waals surface area contributed by atoms with E-state index in [2.05, 4.69) is 20.3 Å². The van der Waals surface area contributed by atoms with Gasteiger partial charge in [0.25, 0.3) is 5.56 Å². The van der Waals surface area contributed by atoms with Crippen molar-refractivity contribution in [1.82, 2.24) is 33.6 Å². The molecule has 0 unspecified atom stereocenters. The average molecular weight is 653 g/mol. The van der Waals surface area contributed by atoms with Gasteiger partial charge in [0.05, 0.1) is 16.3 Å². The number of hydrogen-bond acceptors (Lipinski definition) is 8. The predicted octanol–water partition coefficient (Wildman–Crippen LogP) is 3.22. The molecular weight excluding hydrogens is 625 g/mol. The van der Waals surface area contributed by atoms with E-state index < -0.39 is 25.6 Å². The van der Waals surface area contributed by atoms with Crippen LogP contribution in [-0.4, -0.2) is 76.6 Å². The number of sulfonamides is 2. The summed E-state index contributed by atoms with van der Waals surface area (Å²) in [5, 5.41) is 9.02. The standard InChI is InChI=1S/C26H27Cl2N7O5S2/c27-19-4-3-18(22(28)15-19)16-35-25-23(31-32-35)26(36)30-24(29-25)17-9-13-34(14-10-17)42(39,40)21-7-5-20(6-8-21)41(37,38)33-11-1-2-12-33/h3-8,15,17H,1-2,9-14,16H2,(H,29,30,36). The molecule has 0 amide bonds. The number of aromatic nitrogens is 5. The first kappa shape index (κ1) is 29.2. The van der Waals surface area contributed by atoms with E-state index in [1.54, 1.807) is 18.2 Å². The van der Waals surface area contributed by atoms with Gasteiger partial charge in [0.15, 0.2) is 11.2 Å². The minimum atomic E-state index is -3.84. The van der Waals surface area contributed by atoms with Gasteiger partial charge < -0.3 is 4.98 Å². The Balaban J connectivity index is 1.17. The molecule has 1 N–H and O–H groups in total. The van der Waals surface area contributed by atoms with E-state index in [0.29, 0.717) is 47.4 Å². The first-order valence-electron chi connectivity index (χ1n) is 13.4. The normalized spacial score (nSPS) is 17.8. The van der Waals surface area contributed by atoms with Crippen LogP contribution in [0.4, 0.5) is 0 Å². The Kier molecular flexibility index (Phi) is 7.87. The third-order valence-electron chi connectivity index (χ3n) is 7.73. The zero-order valence-corrected chi connectivity index (χ0v) is 25.4. The predicted molar refractivity (Wildman–Crippen MR) is 157 cm³/mol. The van der Waals surface area contributed by atoms with E-state index in [9.17, 15) is 21.6 Å². The number of nitrogens with one attached hydrogen (secondary N) is 1. The van der Waals surface area contributed by atoms with Crippen molar-refractivity contribution in [2.24, 2.45) is 0 Å². The molecule has 0 atom stereocenters. The van der Waals surface area contributed by atoms with Crippen molar-refractivity contribution >= 4 is 54.4 Å². The average Bonchev–Trinajstić information content (AvgIpc) is 3.66. The molecule has 2 saturated heterocycles. The molecule has 2 aliphatic rings. The summed E-state index contributed by atoms with van der Waals surface area (Å²) >= 11 is 12.3. The maximum absolute atomic E-state index is 13.4. The van der Waals surface area contributed by atoms with E-state index in [1.807, 2.05) is 0 Å². The molecule has 42 heavy (non-hydrogen) atoms. The number of rotatable bonds is 7. The molecule has 4 aromatic rings. The van der Waals surface area contributed by atoms with E-state index in [4.69, 9.17) is 23.2 Å². The van der Waals surface area contributed by atoms with Gasteiger partial charge in [-0.3, -0.25) is 4.79 Å². The van der Waals surface area contributed by atoms with Crippen molar-refractivity contribution in [2.75, 3.05) is 26.2 Å². The van der Waals surface area contributed by atoms with Crippen molar-refractivity contribution in [3.8, 4) is 0 Å². The zero-order chi connectivity index (χ0) is 29.6. The SMILES string of the molecule is O=c1[nH]c(C2CCN(S(=O)(=O)c3ccc(S(=O)(=O)N4CCCC4)cc3)CC2)nc2c1nnn2Cc1ccc(Cl)cc1Cl. The van der Waals surface area contributed by atoms with Crippen LogP contribution in [0.5, 0.6) is 0 Å². The first-order chi connectivity index (χ1) is 20.0. The fourth-order valence-corrected chi connectivity index (χ4v) is 8.83. The molecule has 2 fully saturated rings. The quantitative estimate of drug-likeness (QED) is 0.320. The molecule has 0 spiro atoms. The summed E-state index contributed by atoms with van der Waals surface area (Å²) in [5.41, 5.74) is 0.706. The summed E-state index contributed by atoms with van der Waals surface area (Å²) in [6.07, 6.45) is 2.49. The van der Waals surface area contributed by atoms with Crippen LogP contribution in [0.1, 0.15) is 43.0 Å². The molecule has 0 saturated carbocycles. The van der Waals surface area contributed by atoms with E-state index >= 15 is 0 Å². The number of piperidine rings is 1. The molecule has 16 heteroatoms. The molecule has 2 aromatic carbocycles. The molecule has 2 aromatic heterocycles. The van der Waals surface area contributed by atoms with Crippen molar-refractivity contribution in [1.29, 1.82) is 0 Å². The number of H-pyrrole nitrogens is 1. The molecule has 222 valence electrons. The lowest BCUT2D eigenvalue weighted by atomic mass is 9.97. The van der Waals surface area contributed by atoms with Gasteiger partial charge in [0, 0.05) is 42.1 Å². The van der Waals surface area contributed by atoms with Gasteiger partial charge in [-0.15, -0.1) is 5.10 Å². The molecule has 0 radical (unpaired) electrons. The minimum Gasteiger partial charge on any atom is -0.308 e. The van der Waals surface area contributed by atoms with Crippen LogP contribution in [0, 0.1) is 0 Å². The molecular formula is C26H27Cl2N7O5S2. The Morgan fingerprint density at radius 2 is 1.45 bits per heavy atom. The van der Waals surface area contributed by atoms with E-state index in [1.165, 1.54) is 37.6 Å². The highest BCUT2D eigenvalue weighted by Gasteiger charge is 2.32. The largest absolute Gasteiger partial charge is 0.308 e. The Hall–Kier alpha value is -2.88. The van der Waals surface area contributed by atoms with Crippen molar-refractivity contribution in [3.05, 3.63) is 74.3 Å². The van der Waals surface area contributed by atoms with Crippen LogP contribution in [0.15, 0.2) is 57.1 Å². The van der Waals surface area contributed by atoms with Crippen LogP contribution in [-0.2, 0) is 26.6 Å².